The Bertz CT molecular complexity index is 495. The van der Waals surface area contributed by atoms with Crippen molar-refractivity contribution in [2.75, 3.05) is 11.9 Å². The van der Waals surface area contributed by atoms with Crippen molar-refractivity contribution in [3.63, 3.8) is 0 Å². The molecule has 18 heavy (non-hydrogen) atoms. The molecule has 1 aromatic heterocycles. The number of rotatable bonds is 3. The third-order valence-electron chi connectivity index (χ3n) is 3.29. The maximum atomic E-state index is 5.55. The fourth-order valence-corrected chi connectivity index (χ4v) is 2.85. The minimum Gasteiger partial charge on any atom is -0.380 e. The summed E-state index contributed by atoms with van der Waals surface area (Å²) in [6, 6.07) is 8.88. The normalized spacial score (nSPS) is 23.2. The summed E-state index contributed by atoms with van der Waals surface area (Å²) < 4.78 is 5.55. The molecule has 4 heteroatoms. The highest BCUT2D eigenvalue weighted by Crippen LogP contribution is 2.24. The molecule has 1 aliphatic rings. The Morgan fingerprint density at radius 1 is 1.33 bits per heavy atom. The second-order valence-electron chi connectivity index (χ2n) is 4.53. The maximum absolute atomic E-state index is 5.55. The lowest BCUT2D eigenvalue weighted by atomic mass is 10.1. The van der Waals surface area contributed by atoms with Crippen molar-refractivity contribution >= 4 is 17.0 Å². The van der Waals surface area contributed by atoms with Gasteiger partial charge in [-0.1, -0.05) is 0 Å². The van der Waals surface area contributed by atoms with Gasteiger partial charge in [-0.15, -0.1) is 11.3 Å². The first-order valence-electron chi connectivity index (χ1n) is 6.21. The number of nitrogens with one attached hydrogen (secondary N) is 1. The van der Waals surface area contributed by atoms with Gasteiger partial charge in [0, 0.05) is 29.4 Å². The highest BCUT2D eigenvalue weighted by molar-refractivity contribution is 7.13. The highest BCUT2D eigenvalue weighted by atomic mass is 32.1. The topological polar surface area (TPSA) is 34.1 Å². The minimum absolute atomic E-state index is 0.295. The summed E-state index contributed by atoms with van der Waals surface area (Å²) in [5.74, 6) is 0. The van der Waals surface area contributed by atoms with E-state index in [4.69, 9.17) is 4.74 Å². The van der Waals surface area contributed by atoms with E-state index in [-0.39, 0.29) is 0 Å². The molecule has 1 saturated heterocycles. The van der Waals surface area contributed by atoms with E-state index in [2.05, 4.69) is 41.5 Å². The van der Waals surface area contributed by atoms with E-state index in [1.165, 1.54) is 5.56 Å². The van der Waals surface area contributed by atoms with Crippen LogP contribution in [0.3, 0.4) is 0 Å². The van der Waals surface area contributed by atoms with E-state index in [0.717, 1.165) is 23.7 Å². The molecule has 0 amide bonds. The van der Waals surface area contributed by atoms with Gasteiger partial charge in [-0.05, 0) is 37.6 Å². The zero-order valence-corrected chi connectivity index (χ0v) is 11.1. The van der Waals surface area contributed by atoms with Gasteiger partial charge in [0.2, 0.25) is 0 Å². The average molecular weight is 260 g/mol. The molecule has 0 saturated carbocycles. The van der Waals surface area contributed by atoms with Crippen LogP contribution in [0.25, 0.3) is 10.6 Å². The number of ether oxygens (including phenoxy) is 1. The van der Waals surface area contributed by atoms with E-state index < -0.39 is 0 Å². The molecule has 1 fully saturated rings. The van der Waals surface area contributed by atoms with Crippen molar-refractivity contribution in [3.8, 4) is 10.6 Å². The van der Waals surface area contributed by atoms with Gasteiger partial charge in [0.05, 0.1) is 12.1 Å². The highest BCUT2D eigenvalue weighted by Gasteiger charge is 2.23. The largest absolute Gasteiger partial charge is 0.380 e. The van der Waals surface area contributed by atoms with E-state index in [1.807, 2.05) is 11.6 Å². The molecule has 1 aliphatic heterocycles. The lowest BCUT2D eigenvalue weighted by Crippen LogP contribution is -2.26. The molecule has 2 atom stereocenters. The smallest absolute Gasteiger partial charge is 0.123 e. The van der Waals surface area contributed by atoms with Crippen LogP contribution in [0.2, 0.25) is 0 Å². The van der Waals surface area contributed by atoms with E-state index in [9.17, 15) is 0 Å². The van der Waals surface area contributed by atoms with Crippen LogP contribution in [-0.4, -0.2) is 23.7 Å². The predicted molar refractivity (Wildman–Crippen MR) is 75.0 cm³/mol. The lowest BCUT2D eigenvalue weighted by molar-refractivity contribution is 0.121. The van der Waals surface area contributed by atoms with Crippen molar-refractivity contribution < 1.29 is 4.74 Å². The zero-order valence-electron chi connectivity index (χ0n) is 10.3. The summed E-state index contributed by atoms with van der Waals surface area (Å²) in [4.78, 5) is 4.31. The van der Waals surface area contributed by atoms with Crippen LogP contribution >= 0.6 is 11.3 Å². The molecule has 2 heterocycles. The van der Waals surface area contributed by atoms with Crippen molar-refractivity contribution in [3.05, 3.63) is 35.8 Å². The monoisotopic (exact) mass is 260 g/mol. The Morgan fingerprint density at radius 2 is 2.17 bits per heavy atom. The van der Waals surface area contributed by atoms with Gasteiger partial charge in [0.25, 0.3) is 0 Å². The quantitative estimate of drug-likeness (QED) is 0.918. The number of hydrogen-bond acceptors (Lipinski definition) is 4. The first-order valence-corrected chi connectivity index (χ1v) is 7.09. The van der Waals surface area contributed by atoms with Gasteiger partial charge in [-0.25, -0.2) is 4.98 Å². The molecule has 0 spiro atoms. The van der Waals surface area contributed by atoms with Crippen molar-refractivity contribution in [2.24, 2.45) is 0 Å². The van der Waals surface area contributed by atoms with Gasteiger partial charge >= 0.3 is 0 Å². The molecule has 1 N–H and O–H groups in total. The second-order valence-corrected chi connectivity index (χ2v) is 5.42. The molecule has 2 aromatic rings. The summed E-state index contributed by atoms with van der Waals surface area (Å²) >= 11 is 1.66. The average Bonchev–Trinajstić information content (AvgIpc) is 3.03. The van der Waals surface area contributed by atoms with Crippen molar-refractivity contribution in [1.82, 2.24) is 4.98 Å². The number of hydrogen-bond donors (Lipinski definition) is 1. The molecule has 2 unspecified atom stereocenters. The molecule has 3 nitrogen and oxygen atoms in total. The molecule has 94 valence electrons. The lowest BCUT2D eigenvalue weighted by Gasteiger charge is -2.17. The summed E-state index contributed by atoms with van der Waals surface area (Å²) in [6.45, 7) is 2.98. The van der Waals surface area contributed by atoms with E-state index in [1.54, 1.807) is 11.3 Å². The Kier molecular flexibility index (Phi) is 3.30. The molecule has 1 aromatic carbocycles. The number of benzene rings is 1. The first kappa shape index (κ1) is 11.7. The van der Waals surface area contributed by atoms with E-state index in [0.29, 0.717) is 12.1 Å². The maximum Gasteiger partial charge on any atom is 0.123 e. The van der Waals surface area contributed by atoms with Crippen LogP contribution in [0, 0.1) is 0 Å². The molecule has 0 radical (unpaired) electrons. The van der Waals surface area contributed by atoms with Gasteiger partial charge in [-0.2, -0.15) is 0 Å². The molecule has 3 rings (SSSR count). The molecule has 0 aliphatic carbocycles. The van der Waals surface area contributed by atoms with Crippen LogP contribution in [0.4, 0.5) is 5.69 Å². The van der Waals surface area contributed by atoms with Crippen LogP contribution in [0.5, 0.6) is 0 Å². The summed E-state index contributed by atoms with van der Waals surface area (Å²) in [5.41, 5.74) is 2.32. The first-order chi connectivity index (χ1) is 8.83. The van der Waals surface area contributed by atoms with Crippen molar-refractivity contribution in [1.29, 1.82) is 0 Å². The summed E-state index contributed by atoms with van der Waals surface area (Å²) in [5, 5.41) is 6.59. The zero-order chi connectivity index (χ0) is 12.4. The fraction of sp³-hybridized carbons (Fsp3) is 0.357. The molecule has 0 bridgehead atoms. The van der Waals surface area contributed by atoms with Gasteiger partial charge in [-0.3, -0.25) is 0 Å². The Morgan fingerprint density at radius 3 is 2.78 bits per heavy atom. The summed E-state index contributed by atoms with van der Waals surface area (Å²) in [7, 11) is 0. The number of aromatic nitrogens is 1. The Labute approximate surface area is 111 Å². The summed E-state index contributed by atoms with van der Waals surface area (Å²) in [6.07, 6.45) is 3.21. The van der Waals surface area contributed by atoms with Crippen LogP contribution in [-0.2, 0) is 4.74 Å². The standard InChI is InChI=1S/C14H16N2OS/c1-10-13(6-8-17-10)16-12-4-2-11(3-5-12)14-15-7-9-18-14/h2-5,7,9-10,13,16H,6,8H2,1H3. The number of anilines is 1. The van der Waals surface area contributed by atoms with Crippen LogP contribution < -0.4 is 5.32 Å². The minimum atomic E-state index is 0.295. The van der Waals surface area contributed by atoms with Crippen molar-refractivity contribution in [2.45, 2.75) is 25.5 Å². The number of nitrogens with zero attached hydrogens (tertiary/aromatic N) is 1. The number of thiazole rings is 1. The van der Waals surface area contributed by atoms with E-state index >= 15 is 0 Å². The Balaban J connectivity index is 1.71. The van der Waals surface area contributed by atoms with Gasteiger partial charge in [0.15, 0.2) is 0 Å². The molecular formula is C14H16N2OS. The SMILES string of the molecule is CC1OCCC1Nc1ccc(-c2nccs2)cc1. The predicted octanol–water partition coefficient (Wildman–Crippen LogP) is 3.40. The second kappa shape index (κ2) is 5.08. The van der Waals surface area contributed by atoms with Gasteiger partial charge in [0.1, 0.15) is 5.01 Å². The Hall–Kier alpha value is -1.39. The van der Waals surface area contributed by atoms with Gasteiger partial charge < -0.3 is 10.1 Å². The third-order valence-corrected chi connectivity index (χ3v) is 4.11. The van der Waals surface area contributed by atoms with Crippen LogP contribution in [0.15, 0.2) is 35.8 Å². The van der Waals surface area contributed by atoms with Crippen LogP contribution in [0.1, 0.15) is 13.3 Å². The third kappa shape index (κ3) is 2.40. The fourth-order valence-electron chi connectivity index (χ4n) is 2.21. The molecular weight excluding hydrogens is 244 g/mol.